The lowest BCUT2D eigenvalue weighted by Gasteiger charge is -2.10. The summed E-state index contributed by atoms with van der Waals surface area (Å²) in [6.07, 6.45) is 1.23. The average molecular weight is 522 g/mol. The van der Waals surface area contributed by atoms with Crippen molar-refractivity contribution in [3.05, 3.63) is 139 Å². The quantitative estimate of drug-likeness (QED) is 0.218. The van der Waals surface area contributed by atoms with Crippen LogP contribution in [0.2, 0.25) is 0 Å². The number of aromatic nitrogens is 1. The number of rotatable bonds is 3. The summed E-state index contributed by atoms with van der Waals surface area (Å²) in [6, 6.07) is 45.9. The first kappa shape index (κ1) is 27.2. The zero-order valence-corrected chi connectivity index (χ0v) is 24.4. The summed E-state index contributed by atoms with van der Waals surface area (Å²) in [5.74, 6) is 0.709. The van der Waals surface area contributed by atoms with E-state index in [1.807, 2.05) is 13.8 Å². The van der Waals surface area contributed by atoms with E-state index in [0.29, 0.717) is 5.92 Å². The highest BCUT2D eigenvalue weighted by atomic mass is 15.0. The van der Waals surface area contributed by atoms with E-state index in [1.165, 1.54) is 66.6 Å². The van der Waals surface area contributed by atoms with Gasteiger partial charge in [0.25, 0.3) is 0 Å². The third-order valence-electron chi connectivity index (χ3n) is 7.84. The van der Waals surface area contributed by atoms with Gasteiger partial charge in [-0.15, -0.1) is 0 Å². The SMILES string of the molecule is CC.CCC(C)c1ccccc1.Cc1cccc2c1c1cc3ccccc3cc1n2-c1ccc2ccccc2c1. The molecular weight excluding hydrogens is 482 g/mol. The van der Waals surface area contributed by atoms with E-state index in [9.17, 15) is 0 Å². The summed E-state index contributed by atoms with van der Waals surface area (Å²) in [5, 5.41) is 7.77. The smallest absolute Gasteiger partial charge is 0.0547 e. The van der Waals surface area contributed by atoms with Crippen molar-refractivity contribution in [1.82, 2.24) is 4.57 Å². The molecule has 0 saturated heterocycles. The molecule has 0 radical (unpaired) electrons. The first-order valence-electron chi connectivity index (χ1n) is 14.6. The van der Waals surface area contributed by atoms with Crippen LogP contribution in [0.15, 0.2) is 127 Å². The van der Waals surface area contributed by atoms with Crippen LogP contribution in [-0.2, 0) is 0 Å². The highest BCUT2D eigenvalue weighted by molar-refractivity contribution is 6.14. The first-order valence-corrected chi connectivity index (χ1v) is 14.6. The van der Waals surface area contributed by atoms with Gasteiger partial charge in [0.05, 0.1) is 11.0 Å². The Kier molecular flexibility index (Phi) is 8.31. The van der Waals surface area contributed by atoms with Gasteiger partial charge in [-0.3, -0.25) is 0 Å². The summed E-state index contributed by atoms with van der Waals surface area (Å²) in [5.41, 5.74) is 6.50. The lowest BCUT2D eigenvalue weighted by Crippen LogP contribution is -1.94. The van der Waals surface area contributed by atoms with E-state index < -0.39 is 0 Å². The maximum atomic E-state index is 2.41. The molecule has 1 atom stereocenters. The number of fused-ring (bicyclic) bond motifs is 5. The van der Waals surface area contributed by atoms with E-state index in [1.54, 1.807) is 0 Å². The lowest BCUT2D eigenvalue weighted by molar-refractivity contribution is 0.733. The van der Waals surface area contributed by atoms with Gasteiger partial charge in [-0.05, 0) is 82.3 Å². The minimum Gasteiger partial charge on any atom is -0.309 e. The topological polar surface area (TPSA) is 4.93 Å². The van der Waals surface area contributed by atoms with Crippen molar-refractivity contribution in [1.29, 1.82) is 0 Å². The molecule has 1 aromatic heterocycles. The number of hydrogen-bond acceptors (Lipinski definition) is 0. The second kappa shape index (κ2) is 12.2. The second-order valence-corrected chi connectivity index (χ2v) is 10.3. The molecule has 0 aliphatic rings. The van der Waals surface area contributed by atoms with Crippen LogP contribution in [0.25, 0.3) is 49.0 Å². The predicted octanol–water partition coefficient (Wildman–Crippen LogP) is 11.6. The maximum Gasteiger partial charge on any atom is 0.0547 e. The molecule has 0 aliphatic heterocycles. The fraction of sp³-hybridized carbons (Fsp3) is 0.179. The molecule has 6 aromatic carbocycles. The molecule has 0 bridgehead atoms. The summed E-state index contributed by atoms with van der Waals surface area (Å²) < 4.78 is 2.41. The van der Waals surface area contributed by atoms with Crippen LogP contribution in [-0.4, -0.2) is 4.57 Å². The standard InChI is InChI=1S/C27H19N.C10H14.C2H6/c1-18-7-6-12-25-27(18)24-16-21-10-4-5-11-22(21)17-26(24)28(25)23-14-13-19-8-2-3-9-20(19)15-23;1-3-9(2)10-7-5-4-6-8-10;1-2/h2-17H,1H3;4-9H,3H2,1-2H3;1-2H3. The third kappa shape index (κ3) is 5.25. The molecule has 0 fully saturated rings. The van der Waals surface area contributed by atoms with Crippen LogP contribution in [0.3, 0.4) is 0 Å². The zero-order valence-electron chi connectivity index (χ0n) is 24.4. The molecule has 1 unspecified atom stereocenters. The molecule has 0 N–H and O–H groups in total. The predicted molar refractivity (Wildman–Crippen MR) is 177 cm³/mol. The fourth-order valence-electron chi connectivity index (χ4n) is 5.54. The Bertz CT molecular complexity index is 1870. The molecule has 0 aliphatic carbocycles. The van der Waals surface area contributed by atoms with Crippen molar-refractivity contribution in [2.24, 2.45) is 0 Å². The molecule has 1 heterocycles. The molecule has 7 rings (SSSR count). The molecule has 7 aromatic rings. The minimum atomic E-state index is 0.709. The van der Waals surface area contributed by atoms with Gasteiger partial charge in [-0.2, -0.15) is 0 Å². The first-order chi connectivity index (χ1) is 19.6. The molecule has 40 heavy (non-hydrogen) atoms. The minimum absolute atomic E-state index is 0.709. The highest BCUT2D eigenvalue weighted by Gasteiger charge is 2.15. The molecular formula is C39H39N. The zero-order chi connectivity index (χ0) is 28.1. The number of nitrogens with zero attached hydrogens (tertiary/aromatic N) is 1. The Morgan fingerprint density at radius 3 is 1.85 bits per heavy atom. The van der Waals surface area contributed by atoms with Crippen molar-refractivity contribution in [2.75, 3.05) is 0 Å². The molecule has 1 nitrogen and oxygen atoms in total. The molecule has 1 heteroatoms. The van der Waals surface area contributed by atoms with Gasteiger partial charge in [0, 0.05) is 16.5 Å². The van der Waals surface area contributed by atoms with Crippen LogP contribution in [0.5, 0.6) is 0 Å². The number of benzene rings is 6. The van der Waals surface area contributed by atoms with Gasteiger partial charge in [0.1, 0.15) is 0 Å². The van der Waals surface area contributed by atoms with Crippen molar-refractivity contribution in [2.45, 2.75) is 47.0 Å². The van der Waals surface area contributed by atoms with E-state index >= 15 is 0 Å². The Labute approximate surface area is 238 Å². The number of hydrogen-bond donors (Lipinski definition) is 0. The summed E-state index contributed by atoms with van der Waals surface area (Å²) in [6.45, 7) is 10.7. The van der Waals surface area contributed by atoms with Crippen LogP contribution < -0.4 is 0 Å². The fourth-order valence-corrected chi connectivity index (χ4v) is 5.54. The Morgan fingerprint density at radius 1 is 0.575 bits per heavy atom. The monoisotopic (exact) mass is 521 g/mol. The van der Waals surface area contributed by atoms with Gasteiger partial charge in [-0.25, -0.2) is 0 Å². The summed E-state index contributed by atoms with van der Waals surface area (Å²) in [4.78, 5) is 0. The molecule has 0 amide bonds. The summed E-state index contributed by atoms with van der Waals surface area (Å²) >= 11 is 0. The largest absolute Gasteiger partial charge is 0.309 e. The van der Waals surface area contributed by atoms with E-state index in [4.69, 9.17) is 0 Å². The Balaban J connectivity index is 0.000000228. The molecule has 200 valence electrons. The highest BCUT2D eigenvalue weighted by Crippen LogP contribution is 2.37. The molecule has 0 saturated carbocycles. The Hall–Kier alpha value is -4.36. The average Bonchev–Trinajstić information content (AvgIpc) is 3.35. The van der Waals surface area contributed by atoms with Crippen molar-refractivity contribution < 1.29 is 0 Å². The molecule has 0 spiro atoms. The van der Waals surface area contributed by atoms with Crippen molar-refractivity contribution in [3.63, 3.8) is 0 Å². The lowest BCUT2D eigenvalue weighted by atomic mass is 9.99. The van der Waals surface area contributed by atoms with Gasteiger partial charge < -0.3 is 4.57 Å². The van der Waals surface area contributed by atoms with Crippen LogP contribution >= 0.6 is 0 Å². The number of aryl methyl sites for hydroxylation is 1. The van der Waals surface area contributed by atoms with Gasteiger partial charge in [0.2, 0.25) is 0 Å². The van der Waals surface area contributed by atoms with Crippen LogP contribution in [0.4, 0.5) is 0 Å². The van der Waals surface area contributed by atoms with E-state index in [2.05, 4.69) is 153 Å². The van der Waals surface area contributed by atoms with Gasteiger partial charge in [-0.1, -0.05) is 125 Å². The van der Waals surface area contributed by atoms with E-state index in [-0.39, 0.29) is 0 Å². The summed E-state index contributed by atoms with van der Waals surface area (Å²) in [7, 11) is 0. The normalized spacial score (nSPS) is 11.6. The third-order valence-corrected chi connectivity index (χ3v) is 7.84. The second-order valence-electron chi connectivity index (χ2n) is 10.3. The van der Waals surface area contributed by atoms with Gasteiger partial charge >= 0.3 is 0 Å². The van der Waals surface area contributed by atoms with Crippen molar-refractivity contribution >= 4 is 43.4 Å². The van der Waals surface area contributed by atoms with Gasteiger partial charge in [0.15, 0.2) is 0 Å². The van der Waals surface area contributed by atoms with Crippen molar-refractivity contribution in [3.8, 4) is 5.69 Å². The van der Waals surface area contributed by atoms with Crippen LogP contribution in [0, 0.1) is 6.92 Å². The maximum absolute atomic E-state index is 2.41. The van der Waals surface area contributed by atoms with E-state index in [0.717, 1.165) is 0 Å². The van der Waals surface area contributed by atoms with Crippen LogP contribution in [0.1, 0.15) is 51.2 Å². The Morgan fingerprint density at radius 2 is 1.18 bits per heavy atom.